The van der Waals surface area contributed by atoms with Gasteiger partial charge in [0, 0.05) is 24.2 Å². The molecule has 4 rings (SSSR count). The lowest BCUT2D eigenvalue weighted by atomic mass is 10.2. The van der Waals surface area contributed by atoms with E-state index in [-0.39, 0.29) is 18.4 Å². The number of fused-ring (bicyclic) bond motifs is 1. The Balaban J connectivity index is 1.35. The van der Waals surface area contributed by atoms with E-state index in [4.69, 9.17) is 4.74 Å². The van der Waals surface area contributed by atoms with Gasteiger partial charge in [0.25, 0.3) is 5.91 Å². The Morgan fingerprint density at radius 1 is 1.03 bits per heavy atom. The maximum atomic E-state index is 12.3. The molecule has 0 saturated carbocycles. The molecule has 0 spiro atoms. The van der Waals surface area contributed by atoms with Crippen LogP contribution in [0.3, 0.4) is 0 Å². The fraction of sp³-hybridized carbons (Fsp3) is 0.304. The van der Waals surface area contributed by atoms with Crippen LogP contribution in [-0.4, -0.2) is 40.2 Å². The van der Waals surface area contributed by atoms with Crippen molar-refractivity contribution in [2.24, 2.45) is 0 Å². The minimum absolute atomic E-state index is 0.143. The standard InChI is InChI=1S/C23H25N5O3/c1-31-19-8-5-4-7-18(19)23(30)24-15-21(29)25-17-12-10-16(11-13-17)22-27-26-20-9-3-2-6-14-28(20)22/h4-5,7-8,10-13H,2-3,6,9,14-15H2,1H3,(H,24,30)(H,25,29). The summed E-state index contributed by atoms with van der Waals surface area (Å²) in [5.74, 6) is 1.68. The van der Waals surface area contributed by atoms with E-state index in [0.717, 1.165) is 43.0 Å². The second-order valence-electron chi connectivity index (χ2n) is 7.41. The first-order chi connectivity index (χ1) is 15.2. The van der Waals surface area contributed by atoms with Gasteiger partial charge in [-0.05, 0) is 49.2 Å². The maximum absolute atomic E-state index is 12.3. The Bertz CT molecular complexity index is 1080. The lowest BCUT2D eigenvalue weighted by molar-refractivity contribution is -0.115. The van der Waals surface area contributed by atoms with Crippen molar-refractivity contribution in [3.63, 3.8) is 0 Å². The number of ether oxygens (including phenoxy) is 1. The third-order valence-corrected chi connectivity index (χ3v) is 5.30. The SMILES string of the molecule is COc1ccccc1C(=O)NCC(=O)Nc1ccc(-c2nnc3n2CCCCC3)cc1. The van der Waals surface area contributed by atoms with Gasteiger partial charge in [-0.3, -0.25) is 9.59 Å². The van der Waals surface area contributed by atoms with Gasteiger partial charge >= 0.3 is 0 Å². The average Bonchev–Trinajstić information content (AvgIpc) is 3.05. The number of methoxy groups -OCH3 is 1. The van der Waals surface area contributed by atoms with Gasteiger partial charge in [-0.2, -0.15) is 0 Å². The molecule has 160 valence electrons. The van der Waals surface area contributed by atoms with Crippen molar-refractivity contribution in [3.05, 3.63) is 59.9 Å². The van der Waals surface area contributed by atoms with Crippen molar-refractivity contribution in [1.29, 1.82) is 0 Å². The van der Waals surface area contributed by atoms with Crippen molar-refractivity contribution < 1.29 is 14.3 Å². The minimum atomic E-state index is -0.365. The smallest absolute Gasteiger partial charge is 0.255 e. The van der Waals surface area contributed by atoms with Crippen LogP contribution in [-0.2, 0) is 17.8 Å². The van der Waals surface area contributed by atoms with Gasteiger partial charge in [0.1, 0.15) is 11.6 Å². The molecule has 1 aromatic heterocycles. The first kappa shape index (κ1) is 20.6. The molecule has 2 heterocycles. The topological polar surface area (TPSA) is 98.1 Å². The molecule has 0 saturated heterocycles. The van der Waals surface area contributed by atoms with E-state index in [2.05, 4.69) is 25.4 Å². The lowest BCUT2D eigenvalue weighted by Gasteiger charge is -2.10. The monoisotopic (exact) mass is 419 g/mol. The summed E-state index contributed by atoms with van der Waals surface area (Å²) < 4.78 is 7.37. The number of nitrogens with one attached hydrogen (secondary N) is 2. The van der Waals surface area contributed by atoms with Crippen LogP contribution in [0.15, 0.2) is 48.5 Å². The number of benzene rings is 2. The van der Waals surface area contributed by atoms with Crippen molar-refractivity contribution in [3.8, 4) is 17.1 Å². The predicted octanol–water partition coefficient (Wildman–Crippen LogP) is 3.05. The normalized spacial score (nSPS) is 13.1. The summed E-state index contributed by atoms with van der Waals surface area (Å²) in [6.45, 7) is 0.790. The zero-order chi connectivity index (χ0) is 21.6. The number of carbonyl (C=O) groups excluding carboxylic acids is 2. The molecule has 8 nitrogen and oxygen atoms in total. The van der Waals surface area contributed by atoms with E-state index in [1.165, 1.54) is 13.5 Å². The van der Waals surface area contributed by atoms with Crippen molar-refractivity contribution in [2.75, 3.05) is 19.0 Å². The Labute approximate surface area is 180 Å². The maximum Gasteiger partial charge on any atom is 0.255 e. The molecule has 1 aliphatic rings. The lowest BCUT2D eigenvalue weighted by Crippen LogP contribution is -2.33. The van der Waals surface area contributed by atoms with Gasteiger partial charge in [-0.1, -0.05) is 18.6 Å². The van der Waals surface area contributed by atoms with Crippen molar-refractivity contribution >= 4 is 17.5 Å². The molecule has 0 aliphatic carbocycles. The zero-order valence-electron chi connectivity index (χ0n) is 17.4. The predicted molar refractivity (Wildman–Crippen MR) is 117 cm³/mol. The average molecular weight is 419 g/mol. The Morgan fingerprint density at radius 2 is 1.84 bits per heavy atom. The molecule has 2 amide bonds. The number of anilines is 1. The van der Waals surface area contributed by atoms with Crippen LogP contribution in [0.2, 0.25) is 0 Å². The van der Waals surface area contributed by atoms with Crippen LogP contribution in [0, 0.1) is 0 Å². The summed E-state index contributed by atoms with van der Waals surface area (Å²) in [5.41, 5.74) is 1.99. The summed E-state index contributed by atoms with van der Waals surface area (Å²) >= 11 is 0. The number of hydrogen-bond acceptors (Lipinski definition) is 5. The summed E-state index contributed by atoms with van der Waals surface area (Å²) in [6.07, 6.45) is 4.45. The van der Waals surface area contributed by atoms with E-state index in [0.29, 0.717) is 17.0 Å². The summed E-state index contributed by atoms with van der Waals surface area (Å²) in [7, 11) is 1.50. The fourth-order valence-electron chi connectivity index (χ4n) is 3.69. The van der Waals surface area contributed by atoms with Crippen molar-refractivity contribution in [1.82, 2.24) is 20.1 Å². The first-order valence-corrected chi connectivity index (χ1v) is 10.4. The summed E-state index contributed by atoms with van der Waals surface area (Å²) in [5, 5.41) is 14.1. The molecule has 0 atom stereocenters. The highest BCUT2D eigenvalue weighted by Crippen LogP contribution is 2.24. The van der Waals surface area contributed by atoms with Gasteiger partial charge in [0.15, 0.2) is 5.82 Å². The molecule has 2 N–H and O–H groups in total. The molecule has 0 unspecified atom stereocenters. The quantitative estimate of drug-likeness (QED) is 0.640. The highest BCUT2D eigenvalue weighted by molar-refractivity contribution is 6.00. The minimum Gasteiger partial charge on any atom is -0.496 e. The van der Waals surface area contributed by atoms with Gasteiger partial charge in [0.2, 0.25) is 5.91 Å². The van der Waals surface area contributed by atoms with Crippen LogP contribution < -0.4 is 15.4 Å². The van der Waals surface area contributed by atoms with Crippen LogP contribution in [0.5, 0.6) is 5.75 Å². The van der Waals surface area contributed by atoms with Crippen LogP contribution >= 0.6 is 0 Å². The fourth-order valence-corrected chi connectivity index (χ4v) is 3.69. The number of amides is 2. The van der Waals surface area contributed by atoms with E-state index >= 15 is 0 Å². The number of rotatable bonds is 6. The third-order valence-electron chi connectivity index (χ3n) is 5.30. The second-order valence-corrected chi connectivity index (χ2v) is 7.41. The van der Waals surface area contributed by atoms with E-state index in [1.54, 1.807) is 24.3 Å². The molecule has 3 aromatic rings. The number of carbonyl (C=O) groups is 2. The van der Waals surface area contributed by atoms with Gasteiger partial charge < -0.3 is 19.9 Å². The van der Waals surface area contributed by atoms with Crippen LogP contribution in [0.4, 0.5) is 5.69 Å². The molecule has 0 fully saturated rings. The number of nitrogens with zero attached hydrogens (tertiary/aromatic N) is 3. The molecule has 31 heavy (non-hydrogen) atoms. The Morgan fingerprint density at radius 3 is 2.65 bits per heavy atom. The molecule has 8 heteroatoms. The summed E-state index contributed by atoms with van der Waals surface area (Å²) in [6, 6.07) is 14.4. The third kappa shape index (κ3) is 4.74. The second kappa shape index (κ2) is 9.42. The number of aromatic nitrogens is 3. The first-order valence-electron chi connectivity index (χ1n) is 10.4. The largest absolute Gasteiger partial charge is 0.496 e. The van der Waals surface area contributed by atoms with Crippen LogP contribution in [0.1, 0.15) is 35.4 Å². The van der Waals surface area contributed by atoms with Gasteiger partial charge in [-0.25, -0.2) is 0 Å². The Kier molecular flexibility index (Phi) is 6.26. The van der Waals surface area contributed by atoms with E-state index < -0.39 is 0 Å². The number of para-hydroxylation sites is 1. The zero-order valence-corrected chi connectivity index (χ0v) is 17.4. The molecule has 2 aromatic carbocycles. The molecule has 0 radical (unpaired) electrons. The van der Waals surface area contributed by atoms with Crippen LogP contribution in [0.25, 0.3) is 11.4 Å². The highest BCUT2D eigenvalue weighted by atomic mass is 16.5. The van der Waals surface area contributed by atoms with Crippen molar-refractivity contribution in [2.45, 2.75) is 32.2 Å². The van der Waals surface area contributed by atoms with E-state index in [1.807, 2.05) is 24.3 Å². The Hall–Kier alpha value is -3.68. The molecule has 1 aliphatic heterocycles. The highest BCUT2D eigenvalue weighted by Gasteiger charge is 2.16. The van der Waals surface area contributed by atoms with Gasteiger partial charge in [-0.15, -0.1) is 10.2 Å². The molecular weight excluding hydrogens is 394 g/mol. The number of aryl methyl sites for hydroxylation is 1. The van der Waals surface area contributed by atoms with E-state index in [9.17, 15) is 9.59 Å². The summed E-state index contributed by atoms with van der Waals surface area (Å²) in [4.78, 5) is 24.6. The molecule has 0 bridgehead atoms. The molecular formula is C23H25N5O3. The van der Waals surface area contributed by atoms with Gasteiger partial charge in [0.05, 0.1) is 19.2 Å². The number of hydrogen-bond donors (Lipinski definition) is 2.